The van der Waals surface area contributed by atoms with Gasteiger partial charge in [0.1, 0.15) is 60.8 Å². The number of phosphoric acid groups is 2. The number of fused-ring (bicyclic) bond motifs is 9. The second kappa shape index (κ2) is 31.1. The number of hydrogen-bond donors (Lipinski definition) is 16. The van der Waals surface area contributed by atoms with Crippen molar-refractivity contribution in [1.82, 2.24) is 64.5 Å². The van der Waals surface area contributed by atoms with Crippen LogP contribution in [0.5, 0.6) is 11.8 Å². The van der Waals surface area contributed by atoms with Crippen molar-refractivity contribution < 1.29 is 115 Å². The predicted molar refractivity (Wildman–Crippen MR) is 340 cm³/mol. The van der Waals surface area contributed by atoms with Crippen molar-refractivity contribution >= 4 is 44.2 Å². The topological polar surface area (TPSA) is 620 Å². The first kappa shape index (κ1) is 76.6. The number of aliphatic hydroxyl groups excluding tert-OH is 7. The molecule has 11 heterocycles. The highest BCUT2D eigenvalue weighted by molar-refractivity contribution is 7.47. The van der Waals surface area contributed by atoms with E-state index >= 15 is 0 Å². The summed E-state index contributed by atoms with van der Waals surface area (Å²) < 4.78 is 103. The molecule has 3 aromatic carbocycles. The number of aromatic nitrogens is 12. The predicted octanol–water partition coefficient (Wildman–Crippen LogP) is -1.83. The van der Waals surface area contributed by atoms with Crippen molar-refractivity contribution in [2.24, 2.45) is 0 Å². The molecule has 0 amide bonds. The summed E-state index contributed by atoms with van der Waals surface area (Å²) in [5, 5.41) is 77.4. The number of halogens is 3. The Morgan fingerprint density at radius 3 is 2.05 bits per heavy atom. The summed E-state index contributed by atoms with van der Waals surface area (Å²) in [4.78, 5) is 118. The normalized spacial score (nSPS) is 24.3. The maximum Gasteiger partial charge on any atom is 0.527 e. The highest BCUT2D eigenvalue weighted by Crippen LogP contribution is 2.49. The Morgan fingerprint density at radius 2 is 1.38 bits per heavy atom. The summed E-state index contributed by atoms with van der Waals surface area (Å²) >= 11 is 0. The number of ketones is 2. The number of aliphatic hydroxyl groups is 7. The second-order valence-electron chi connectivity index (χ2n) is 23.0. The van der Waals surface area contributed by atoms with Gasteiger partial charge in [0.2, 0.25) is 5.82 Å². The van der Waals surface area contributed by atoms with Gasteiger partial charge in [-0.25, -0.2) is 28.1 Å². The third kappa shape index (κ3) is 15.9. The summed E-state index contributed by atoms with van der Waals surface area (Å²) in [6.07, 6.45) is -9.37. The van der Waals surface area contributed by atoms with Gasteiger partial charge < -0.3 is 90.4 Å². The van der Waals surface area contributed by atoms with Crippen molar-refractivity contribution in [1.29, 1.82) is 5.41 Å². The van der Waals surface area contributed by atoms with Crippen LogP contribution in [0.15, 0.2) is 123 Å². The Labute approximate surface area is 577 Å². The fourth-order valence-electron chi connectivity index (χ4n) is 11.6. The van der Waals surface area contributed by atoms with Gasteiger partial charge in [-0.1, -0.05) is 73.7 Å². The SMILES string of the molecule is CC1c2ccccc2Cn2cc3c(c21)C(=O)c1cccc(OP(=O)(O)OCc2ccccc2)c1C3=O.N.N=c1nc2n(cc1F)[C@@H]1O[C@H](CO)[C@@H](O)[C@@H]1O2.Nc1nc(F)nc2c1ncn2[C@@H]1O[C@H](COP(=O)(O)O)[C@@H](O)[C@@H]1O.O=c1[nH]cc(F)c(=O)[nH]1.O=c1cnn([C@@H]2O[C@H](CO)[C@@H](O)[C@H]2O)c(=O)[nH]1. The first-order valence-corrected chi connectivity index (χ1v) is 33.2. The molecule has 0 saturated carbocycles. The molecule has 1 aliphatic carbocycles. The largest absolute Gasteiger partial charge is 0.527 e. The van der Waals surface area contributed by atoms with Gasteiger partial charge in [-0.3, -0.25) is 57.6 Å². The second-order valence-corrected chi connectivity index (χ2v) is 25.6. The molecule has 45 heteroatoms. The van der Waals surface area contributed by atoms with Gasteiger partial charge in [0.05, 0.1) is 55.6 Å². The zero-order valence-corrected chi connectivity index (χ0v) is 55.1. The Kier molecular flexibility index (Phi) is 23.0. The molecule has 3 fully saturated rings. The molecular weight excluding hydrogens is 1440 g/mol. The fourth-order valence-corrected chi connectivity index (χ4v) is 12.7. The van der Waals surface area contributed by atoms with Crippen molar-refractivity contribution in [3.63, 3.8) is 0 Å². The van der Waals surface area contributed by atoms with Gasteiger partial charge in [-0.2, -0.15) is 33.5 Å². The number of rotatable bonds is 12. The number of carbonyl (C=O) groups is 2. The van der Waals surface area contributed by atoms with Crippen LogP contribution in [0.3, 0.4) is 0 Å². The van der Waals surface area contributed by atoms with Crippen LogP contribution in [0, 0.1) is 23.1 Å². The molecule has 554 valence electrons. The maximum absolute atomic E-state index is 13.7. The van der Waals surface area contributed by atoms with E-state index in [1.165, 1.54) is 16.7 Å². The molecule has 40 nitrogen and oxygen atoms in total. The van der Waals surface area contributed by atoms with Crippen LogP contribution >= 0.6 is 15.6 Å². The lowest BCUT2D eigenvalue weighted by Crippen LogP contribution is -2.39. The smallest absolute Gasteiger partial charge is 0.454 e. The molecule has 19 N–H and O–H groups in total. The number of carbonyl (C=O) groups excluding carboxylic acids is 2. The molecule has 104 heavy (non-hydrogen) atoms. The Hall–Kier alpha value is -9.99. The average molecular weight is 1500 g/mol. The highest BCUT2D eigenvalue weighted by Gasteiger charge is 2.52. The molecule has 5 aliphatic heterocycles. The molecule has 15 rings (SSSR count). The summed E-state index contributed by atoms with van der Waals surface area (Å²) in [5.74, 6) is -2.96. The number of H-pyrrole nitrogens is 3. The molecule has 0 radical (unpaired) electrons. The summed E-state index contributed by atoms with van der Waals surface area (Å²) in [5.41, 5.74) is 6.28. The quantitative estimate of drug-likeness (QED) is 0.0472. The number of imidazole rings is 1. The number of phosphoric ester groups is 2. The molecule has 6 aromatic heterocycles. The maximum atomic E-state index is 13.7. The van der Waals surface area contributed by atoms with Gasteiger partial charge in [0.25, 0.3) is 11.1 Å². The van der Waals surface area contributed by atoms with Gasteiger partial charge in [-0.05, 0) is 22.8 Å². The van der Waals surface area contributed by atoms with Crippen LogP contribution in [0.2, 0.25) is 0 Å². The number of benzene rings is 3. The van der Waals surface area contributed by atoms with Crippen LogP contribution < -0.4 is 49.1 Å². The Morgan fingerprint density at radius 1 is 0.721 bits per heavy atom. The van der Waals surface area contributed by atoms with Gasteiger partial charge in [0.15, 0.2) is 64.6 Å². The van der Waals surface area contributed by atoms with E-state index in [2.05, 4.69) is 29.6 Å². The van der Waals surface area contributed by atoms with Gasteiger partial charge in [-0.15, -0.1) is 0 Å². The molecule has 6 aliphatic rings. The van der Waals surface area contributed by atoms with E-state index in [0.717, 1.165) is 40.1 Å². The minimum Gasteiger partial charge on any atom is -0.454 e. The first-order valence-electron chi connectivity index (χ1n) is 30.2. The Balaban J connectivity index is 0.000000149. The molecule has 0 bridgehead atoms. The number of nitrogen functional groups attached to an aromatic ring is 1. The minimum atomic E-state index is -4.78. The highest BCUT2D eigenvalue weighted by atomic mass is 31.2. The molecule has 2 unspecified atom stereocenters. The molecular formula is C59H62F3N15O25P2. The van der Waals surface area contributed by atoms with E-state index in [1.807, 2.05) is 51.8 Å². The molecule has 9 aromatic rings. The van der Waals surface area contributed by atoms with Crippen LogP contribution in [0.25, 0.3) is 11.2 Å². The van der Waals surface area contributed by atoms with Gasteiger partial charge in [0, 0.05) is 36.1 Å². The van der Waals surface area contributed by atoms with Crippen molar-refractivity contribution in [2.45, 2.75) is 99.6 Å². The van der Waals surface area contributed by atoms with E-state index in [4.69, 9.17) is 59.1 Å². The van der Waals surface area contributed by atoms with Crippen molar-refractivity contribution in [2.75, 3.05) is 25.6 Å². The summed E-state index contributed by atoms with van der Waals surface area (Å²) in [7, 11) is -9.36. The van der Waals surface area contributed by atoms with E-state index in [1.54, 1.807) is 41.5 Å². The summed E-state index contributed by atoms with van der Waals surface area (Å²) in [6, 6.07) is 21.4. The van der Waals surface area contributed by atoms with Crippen LogP contribution in [0.4, 0.5) is 19.0 Å². The lowest BCUT2D eigenvalue weighted by Gasteiger charge is -2.27. The number of nitrogens with two attached hydrogens (primary N) is 1. The van der Waals surface area contributed by atoms with Crippen molar-refractivity contribution in [3.05, 3.63) is 213 Å². The molecule has 0 spiro atoms. The minimum absolute atomic E-state index is 0. The zero-order valence-electron chi connectivity index (χ0n) is 53.3. The number of anilines is 1. The third-order valence-corrected chi connectivity index (χ3v) is 17.8. The number of nitrogens with zero attached hydrogens (tertiary/aromatic N) is 9. The van der Waals surface area contributed by atoms with Crippen LogP contribution in [-0.4, -0.2) is 195 Å². The van der Waals surface area contributed by atoms with E-state index in [9.17, 15) is 81.5 Å². The third-order valence-electron chi connectivity index (χ3n) is 16.4. The zero-order chi connectivity index (χ0) is 74.3. The van der Waals surface area contributed by atoms with E-state index in [0.29, 0.717) is 28.6 Å². The van der Waals surface area contributed by atoms with Crippen LogP contribution in [-0.2, 0) is 45.5 Å². The number of aromatic amines is 3. The Bertz CT molecular complexity index is 5120. The van der Waals surface area contributed by atoms with Crippen molar-refractivity contribution in [3.8, 4) is 11.8 Å². The summed E-state index contributed by atoms with van der Waals surface area (Å²) in [6.45, 7) is 0.917. The number of ether oxygens (including phenoxy) is 4. The van der Waals surface area contributed by atoms with Crippen LogP contribution in [0.1, 0.15) is 85.8 Å². The van der Waals surface area contributed by atoms with Gasteiger partial charge >= 0.3 is 39.1 Å². The average Bonchev–Trinajstić information content (AvgIpc) is 1.53. The standard InChI is InChI=1S/C28H22NO6P.C10H13FN5O7P.C9H10FN3O4.C8H11N3O6.C4H3FN2O2.H3N/c1-17-20-11-6-5-10-19(20)14-29-15-22-25(26(17)29)27(30)21-12-7-13-23(24(21)28(22)31)35-36(32,33)34-16-18-8-3-2-4-9-18;11-10-14-7(12)4-8(15-10)16(2-13-4)9-6(18)5(17)3(23-9)1-22-24(19,20)21;10-3-1-13-8-6(5(15)4(2-14)16-8)17-9(13)12-7(3)11;12-2-3-5(14)6(15)7(17-3)11-8(16)10-4(13)1-9-11;5-2-1-6-4(9)7-3(2)8;/h2-13,15,17H,14,16H2,1H3,(H,32,33);2-3,5-6,9,17-18H,1H2,(H2,12,14,15)(H2,19,20,21);1,4-6,8,11,14-15H,2H2;1,3,5-7,12,14-15H,2H2,(H,10,13,16);1H,(H2,6,7,8,9);1H3/t;3-,5-,6+,9-;4-,5-,6+,8-;3-,5-,6-,7-;;/m.111../s1. The number of hydrogen-bond acceptors (Lipinski definition) is 30. The monoisotopic (exact) mass is 1500 g/mol. The number of nitrogens with one attached hydrogen (secondary N) is 4. The molecule has 3 saturated heterocycles. The lowest BCUT2D eigenvalue weighted by atomic mass is 9.81. The van der Waals surface area contributed by atoms with E-state index in [-0.39, 0.29) is 76.5 Å². The van der Waals surface area contributed by atoms with E-state index < -0.39 is 154 Å². The lowest BCUT2D eigenvalue weighted by molar-refractivity contribution is -0.0618. The first-order chi connectivity index (χ1) is 48.9. The molecule has 14 atom stereocenters. The fraction of sp³-hybridized carbons (Fsp3) is 0.322.